The third kappa shape index (κ3) is 5.29. The van der Waals surface area contributed by atoms with Crippen LogP contribution in [0.15, 0.2) is 55.9 Å². The summed E-state index contributed by atoms with van der Waals surface area (Å²) in [5.41, 5.74) is 1.89. The predicted molar refractivity (Wildman–Crippen MR) is 159 cm³/mol. The second-order valence-corrected chi connectivity index (χ2v) is 12.5. The van der Waals surface area contributed by atoms with Crippen LogP contribution in [0.3, 0.4) is 0 Å². The lowest BCUT2D eigenvalue weighted by atomic mass is 9.95. The zero-order chi connectivity index (χ0) is 26.3. The van der Waals surface area contributed by atoms with Crippen LogP contribution < -0.4 is 19.6 Å². The van der Waals surface area contributed by atoms with Crippen LogP contribution in [0, 0.1) is 7.14 Å². The third-order valence-corrected chi connectivity index (χ3v) is 8.53. The number of carbonyl (C=O) groups is 1. The Morgan fingerprint density at radius 3 is 2.53 bits per heavy atom. The van der Waals surface area contributed by atoms with Gasteiger partial charge in [0.1, 0.15) is 17.5 Å². The van der Waals surface area contributed by atoms with Crippen molar-refractivity contribution in [3.05, 3.63) is 84.0 Å². The lowest BCUT2D eigenvalue weighted by Gasteiger charge is -2.26. The van der Waals surface area contributed by atoms with Crippen LogP contribution in [-0.2, 0) is 9.53 Å². The second kappa shape index (κ2) is 11.0. The van der Waals surface area contributed by atoms with Gasteiger partial charge >= 0.3 is 5.97 Å². The first-order valence-electron chi connectivity index (χ1n) is 10.8. The summed E-state index contributed by atoms with van der Waals surface area (Å²) in [6.45, 7) is 5.30. The molecular formula is C25H21BrI2N2O5S. The standard InChI is InChI=1S/C25H21BrI2N2O5S/c1-11(2)35-24(33)20-12(3)29-25-30(21(20)15-10-14(26)5-6-18(15)34-4)23(32)19(36-25)9-13-7-16(27)22(31)17(28)8-13/h5-11,21,31H,1-4H3/b19-9-/t21-/m0/s1. The van der Waals surface area contributed by atoms with E-state index in [2.05, 4.69) is 66.1 Å². The van der Waals surface area contributed by atoms with Gasteiger partial charge in [0.15, 0.2) is 4.80 Å². The number of methoxy groups -OCH3 is 1. The number of aromatic hydroxyl groups is 1. The molecule has 11 heteroatoms. The van der Waals surface area contributed by atoms with Crippen LogP contribution in [0.4, 0.5) is 0 Å². The summed E-state index contributed by atoms with van der Waals surface area (Å²) in [6, 6.07) is 8.29. The number of phenolic OH excluding ortho intramolecular Hbond substituents is 1. The van der Waals surface area contributed by atoms with Gasteiger partial charge in [0.2, 0.25) is 0 Å². The van der Waals surface area contributed by atoms with Crippen LogP contribution in [0.5, 0.6) is 11.5 Å². The zero-order valence-electron chi connectivity index (χ0n) is 19.6. The summed E-state index contributed by atoms with van der Waals surface area (Å²) < 4.78 is 15.3. The normalized spacial score (nSPS) is 15.7. The highest BCUT2D eigenvalue weighted by Gasteiger charge is 2.35. The number of allylic oxidation sites excluding steroid dienone is 1. The van der Waals surface area contributed by atoms with Gasteiger partial charge in [0.05, 0.1) is 36.2 Å². The molecule has 0 bridgehead atoms. The van der Waals surface area contributed by atoms with Gasteiger partial charge in [-0.1, -0.05) is 27.3 Å². The topological polar surface area (TPSA) is 90.1 Å². The monoisotopic (exact) mass is 794 g/mol. The number of fused-ring (bicyclic) bond motifs is 1. The molecule has 0 radical (unpaired) electrons. The Labute approximate surface area is 247 Å². The summed E-state index contributed by atoms with van der Waals surface area (Å²) in [4.78, 5) is 32.2. The van der Waals surface area contributed by atoms with Crippen LogP contribution in [0.2, 0.25) is 0 Å². The fourth-order valence-corrected chi connectivity index (χ4v) is 7.13. The summed E-state index contributed by atoms with van der Waals surface area (Å²) >= 11 is 8.87. The number of benzene rings is 2. The van der Waals surface area contributed by atoms with E-state index in [0.29, 0.717) is 33.5 Å². The van der Waals surface area contributed by atoms with E-state index < -0.39 is 12.0 Å². The van der Waals surface area contributed by atoms with E-state index >= 15 is 0 Å². The predicted octanol–water partition coefficient (Wildman–Crippen LogP) is 4.87. The van der Waals surface area contributed by atoms with Crippen molar-refractivity contribution in [3.8, 4) is 11.5 Å². The average Bonchev–Trinajstić information content (AvgIpc) is 3.10. The van der Waals surface area contributed by atoms with Gasteiger partial charge in [-0.2, -0.15) is 0 Å². The van der Waals surface area contributed by atoms with Crippen molar-refractivity contribution in [2.75, 3.05) is 7.11 Å². The van der Waals surface area contributed by atoms with Crippen LogP contribution in [0.1, 0.15) is 37.9 Å². The molecule has 4 rings (SSSR count). The Kier molecular flexibility index (Phi) is 8.32. The van der Waals surface area contributed by atoms with Crippen molar-refractivity contribution in [1.82, 2.24) is 4.57 Å². The molecule has 7 nitrogen and oxygen atoms in total. The molecule has 2 aromatic carbocycles. The smallest absolute Gasteiger partial charge is 0.338 e. The van der Waals surface area contributed by atoms with Crippen LogP contribution >= 0.6 is 72.4 Å². The highest BCUT2D eigenvalue weighted by Crippen LogP contribution is 2.37. The summed E-state index contributed by atoms with van der Waals surface area (Å²) in [5, 5.41) is 10.1. The Morgan fingerprint density at radius 2 is 1.92 bits per heavy atom. The molecule has 0 unspecified atom stereocenters. The number of rotatable bonds is 5. The number of halogens is 3. The Balaban J connectivity index is 2.01. The van der Waals surface area contributed by atoms with Gasteiger partial charge in [0, 0.05) is 10.0 Å². The number of esters is 1. The molecule has 1 atom stereocenters. The molecule has 0 aliphatic carbocycles. The summed E-state index contributed by atoms with van der Waals surface area (Å²) in [6.07, 6.45) is 1.43. The Hall–Kier alpha value is -1.71. The quantitative estimate of drug-likeness (QED) is 0.294. The highest BCUT2D eigenvalue weighted by atomic mass is 127. The first kappa shape index (κ1) is 27.3. The number of phenols is 1. The fraction of sp³-hybridized carbons (Fsp3) is 0.240. The maximum Gasteiger partial charge on any atom is 0.338 e. The van der Waals surface area contributed by atoms with Crippen molar-refractivity contribution in [2.45, 2.75) is 32.9 Å². The molecule has 1 aliphatic heterocycles. The number of thiazole rings is 1. The van der Waals surface area contributed by atoms with Crippen molar-refractivity contribution in [3.63, 3.8) is 0 Å². The van der Waals surface area contributed by atoms with Crippen molar-refractivity contribution >= 4 is 84.5 Å². The van der Waals surface area contributed by atoms with Crippen molar-refractivity contribution in [2.24, 2.45) is 4.99 Å². The molecule has 0 amide bonds. The molecule has 0 saturated carbocycles. The van der Waals surface area contributed by atoms with E-state index in [9.17, 15) is 14.7 Å². The SMILES string of the molecule is COc1ccc(Br)cc1[C@H]1C(C(=O)OC(C)C)=C(C)N=c2s/c(=C\c3cc(I)c(O)c(I)c3)c(=O)n21. The minimum atomic E-state index is -0.790. The van der Waals surface area contributed by atoms with Crippen molar-refractivity contribution < 1.29 is 19.4 Å². The maximum absolute atomic E-state index is 13.8. The molecule has 3 aromatic rings. The first-order valence-corrected chi connectivity index (χ1v) is 14.5. The van der Waals surface area contributed by atoms with E-state index in [-0.39, 0.29) is 23.0 Å². The van der Waals surface area contributed by atoms with Gasteiger partial charge in [-0.3, -0.25) is 9.36 Å². The van der Waals surface area contributed by atoms with Gasteiger partial charge in [-0.15, -0.1) is 0 Å². The largest absolute Gasteiger partial charge is 0.506 e. The summed E-state index contributed by atoms with van der Waals surface area (Å²) in [7, 11) is 1.55. The van der Waals surface area contributed by atoms with Crippen LogP contribution in [-0.4, -0.2) is 28.9 Å². The maximum atomic E-state index is 13.8. The molecule has 0 saturated heterocycles. The average molecular weight is 795 g/mol. The van der Waals surface area contributed by atoms with E-state index in [1.165, 1.54) is 15.9 Å². The molecule has 36 heavy (non-hydrogen) atoms. The van der Waals surface area contributed by atoms with E-state index in [1.807, 2.05) is 24.3 Å². The van der Waals surface area contributed by atoms with E-state index in [1.54, 1.807) is 40.0 Å². The number of aromatic nitrogens is 1. The van der Waals surface area contributed by atoms with Crippen molar-refractivity contribution in [1.29, 1.82) is 0 Å². The highest BCUT2D eigenvalue weighted by molar-refractivity contribution is 14.1. The molecule has 188 valence electrons. The molecule has 1 aliphatic rings. The second-order valence-electron chi connectivity index (χ2n) is 8.26. The van der Waals surface area contributed by atoms with Gasteiger partial charge in [0.25, 0.3) is 5.56 Å². The molecule has 1 aromatic heterocycles. The molecule has 2 heterocycles. The lowest BCUT2D eigenvalue weighted by molar-refractivity contribution is -0.143. The minimum Gasteiger partial charge on any atom is -0.506 e. The zero-order valence-corrected chi connectivity index (χ0v) is 26.4. The third-order valence-electron chi connectivity index (χ3n) is 5.41. The molecule has 0 fully saturated rings. The minimum absolute atomic E-state index is 0.209. The lowest BCUT2D eigenvalue weighted by Crippen LogP contribution is -2.40. The number of hydrogen-bond acceptors (Lipinski definition) is 7. The molecule has 0 spiro atoms. The number of nitrogens with zero attached hydrogens (tertiary/aromatic N) is 2. The van der Waals surface area contributed by atoms with Crippen LogP contribution in [0.25, 0.3) is 6.08 Å². The Bertz CT molecular complexity index is 1570. The number of hydrogen-bond donors (Lipinski definition) is 1. The fourth-order valence-electron chi connectivity index (χ4n) is 3.89. The van der Waals surface area contributed by atoms with E-state index in [0.717, 1.165) is 10.0 Å². The summed E-state index contributed by atoms with van der Waals surface area (Å²) in [5.74, 6) is 0.209. The van der Waals surface area contributed by atoms with E-state index in [4.69, 9.17) is 9.47 Å². The van der Waals surface area contributed by atoms with Gasteiger partial charge < -0.3 is 14.6 Å². The molecular weight excluding hydrogens is 774 g/mol. The van der Waals surface area contributed by atoms with Gasteiger partial charge in [-0.05, 0) is 108 Å². The Morgan fingerprint density at radius 1 is 1.25 bits per heavy atom. The first-order chi connectivity index (χ1) is 17.0. The number of ether oxygens (including phenoxy) is 2. The van der Waals surface area contributed by atoms with Gasteiger partial charge in [-0.25, -0.2) is 9.79 Å². The molecule has 1 N–H and O–H groups in total. The number of carbonyl (C=O) groups excluding carboxylic acids is 1.